The second kappa shape index (κ2) is 4.88. The molecule has 2 heterocycles. The molecule has 0 aromatic carbocycles. The van der Waals surface area contributed by atoms with Gasteiger partial charge in [0.25, 0.3) is 0 Å². The van der Waals surface area contributed by atoms with E-state index in [4.69, 9.17) is 0 Å². The molecule has 16 heavy (non-hydrogen) atoms. The summed E-state index contributed by atoms with van der Waals surface area (Å²) in [6.45, 7) is 4.06. The molecular formula is C10H11BrN4S. The first-order valence-electron chi connectivity index (χ1n) is 4.81. The van der Waals surface area contributed by atoms with Gasteiger partial charge < -0.3 is 5.32 Å². The van der Waals surface area contributed by atoms with Crippen molar-refractivity contribution < 1.29 is 0 Å². The monoisotopic (exact) mass is 298 g/mol. The summed E-state index contributed by atoms with van der Waals surface area (Å²) in [5.74, 6) is 0.794. The Kier molecular flexibility index (Phi) is 3.50. The van der Waals surface area contributed by atoms with Crippen LogP contribution in [0.2, 0.25) is 0 Å². The van der Waals surface area contributed by atoms with Crippen molar-refractivity contribution in [2.75, 3.05) is 5.32 Å². The minimum atomic E-state index is 0.153. The number of anilines is 1. The van der Waals surface area contributed by atoms with Gasteiger partial charge in [0.15, 0.2) is 0 Å². The number of aryl methyl sites for hydroxylation is 1. The van der Waals surface area contributed by atoms with E-state index in [1.807, 2.05) is 18.4 Å². The summed E-state index contributed by atoms with van der Waals surface area (Å²) in [6.07, 6.45) is 1.52. The third-order valence-electron chi connectivity index (χ3n) is 2.01. The molecule has 2 rings (SSSR count). The number of nitrogens with one attached hydrogen (secondary N) is 1. The van der Waals surface area contributed by atoms with Gasteiger partial charge in [-0.1, -0.05) is 0 Å². The lowest BCUT2D eigenvalue weighted by atomic mass is 10.3. The zero-order valence-electron chi connectivity index (χ0n) is 8.94. The molecule has 0 saturated heterocycles. The van der Waals surface area contributed by atoms with Crippen LogP contribution in [-0.2, 0) is 0 Å². The smallest absolute Gasteiger partial charge is 0.131 e. The molecule has 4 nitrogen and oxygen atoms in total. The number of halogens is 1. The summed E-state index contributed by atoms with van der Waals surface area (Å²) >= 11 is 4.96. The van der Waals surface area contributed by atoms with Crippen molar-refractivity contribution in [3.8, 4) is 0 Å². The summed E-state index contributed by atoms with van der Waals surface area (Å²) in [4.78, 5) is 12.5. The normalized spacial score (nSPS) is 12.4. The first-order chi connectivity index (χ1) is 7.65. The average Bonchev–Trinajstić information content (AvgIpc) is 2.65. The molecule has 0 aliphatic rings. The maximum atomic E-state index is 4.43. The minimum Gasteiger partial charge on any atom is -0.361 e. The highest BCUT2D eigenvalue weighted by atomic mass is 79.9. The van der Waals surface area contributed by atoms with E-state index in [2.05, 4.69) is 43.1 Å². The Hall–Kier alpha value is -1.01. The zero-order valence-corrected chi connectivity index (χ0v) is 11.3. The van der Waals surface area contributed by atoms with Crippen molar-refractivity contribution in [2.24, 2.45) is 0 Å². The van der Waals surface area contributed by atoms with Crippen LogP contribution in [0.1, 0.15) is 23.7 Å². The Labute approximate surface area is 106 Å². The van der Waals surface area contributed by atoms with Crippen LogP contribution < -0.4 is 5.32 Å². The van der Waals surface area contributed by atoms with E-state index in [0.29, 0.717) is 0 Å². The van der Waals surface area contributed by atoms with Crippen LogP contribution in [-0.4, -0.2) is 15.0 Å². The summed E-state index contributed by atoms with van der Waals surface area (Å²) in [5, 5.41) is 6.39. The maximum Gasteiger partial charge on any atom is 0.131 e. The molecule has 2 aromatic rings. The lowest BCUT2D eigenvalue weighted by Crippen LogP contribution is -2.07. The molecule has 0 fully saturated rings. The van der Waals surface area contributed by atoms with Crippen molar-refractivity contribution in [1.29, 1.82) is 0 Å². The van der Waals surface area contributed by atoms with Crippen molar-refractivity contribution in [2.45, 2.75) is 19.9 Å². The van der Waals surface area contributed by atoms with E-state index in [1.54, 1.807) is 11.3 Å². The Morgan fingerprint density at radius 2 is 2.25 bits per heavy atom. The molecule has 0 aliphatic carbocycles. The van der Waals surface area contributed by atoms with Crippen LogP contribution in [0.25, 0.3) is 0 Å². The number of rotatable bonds is 3. The lowest BCUT2D eigenvalue weighted by molar-refractivity contribution is 0.852. The van der Waals surface area contributed by atoms with Crippen LogP contribution >= 0.6 is 27.3 Å². The fourth-order valence-corrected chi connectivity index (χ4v) is 2.38. The van der Waals surface area contributed by atoms with Crippen molar-refractivity contribution in [3.63, 3.8) is 0 Å². The largest absolute Gasteiger partial charge is 0.361 e. The molecule has 1 N–H and O–H groups in total. The highest BCUT2D eigenvalue weighted by Crippen LogP contribution is 2.21. The van der Waals surface area contributed by atoms with Crippen LogP contribution in [0.4, 0.5) is 5.82 Å². The van der Waals surface area contributed by atoms with E-state index in [0.717, 1.165) is 21.1 Å². The van der Waals surface area contributed by atoms with Gasteiger partial charge in [0, 0.05) is 17.1 Å². The topological polar surface area (TPSA) is 50.7 Å². The first kappa shape index (κ1) is 11.5. The lowest BCUT2D eigenvalue weighted by Gasteiger charge is -2.11. The van der Waals surface area contributed by atoms with Crippen LogP contribution in [0.3, 0.4) is 0 Å². The summed E-state index contributed by atoms with van der Waals surface area (Å²) in [7, 11) is 0. The molecule has 0 spiro atoms. The maximum absolute atomic E-state index is 4.43. The highest BCUT2D eigenvalue weighted by molar-refractivity contribution is 9.10. The van der Waals surface area contributed by atoms with Gasteiger partial charge in [-0.05, 0) is 29.8 Å². The molecule has 0 amide bonds. The number of hydrogen-bond donors (Lipinski definition) is 1. The van der Waals surface area contributed by atoms with Gasteiger partial charge in [-0.2, -0.15) is 0 Å². The summed E-state index contributed by atoms with van der Waals surface area (Å²) < 4.78 is 0.771. The molecule has 1 unspecified atom stereocenters. The van der Waals surface area contributed by atoms with Crippen molar-refractivity contribution in [1.82, 2.24) is 15.0 Å². The Morgan fingerprint density at radius 3 is 2.88 bits per heavy atom. The van der Waals surface area contributed by atoms with E-state index in [-0.39, 0.29) is 6.04 Å². The molecule has 2 aromatic heterocycles. The van der Waals surface area contributed by atoms with Gasteiger partial charge in [-0.15, -0.1) is 11.3 Å². The molecule has 0 aliphatic heterocycles. The first-order valence-corrected chi connectivity index (χ1v) is 6.48. The van der Waals surface area contributed by atoms with E-state index >= 15 is 0 Å². The quantitative estimate of drug-likeness (QED) is 0.884. The number of aromatic nitrogens is 3. The SMILES string of the molecule is Cc1csc(C(C)Nc2cc(Br)ncn2)n1. The molecule has 1 atom stereocenters. The number of thiazole rings is 1. The van der Waals surface area contributed by atoms with Gasteiger partial charge in [-0.25, -0.2) is 15.0 Å². The van der Waals surface area contributed by atoms with Crippen molar-refractivity contribution >= 4 is 33.1 Å². The zero-order chi connectivity index (χ0) is 11.5. The summed E-state index contributed by atoms with van der Waals surface area (Å²) in [5.41, 5.74) is 1.05. The van der Waals surface area contributed by atoms with Gasteiger partial charge in [0.1, 0.15) is 21.8 Å². The third kappa shape index (κ3) is 2.76. The van der Waals surface area contributed by atoms with E-state index < -0.39 is 0 Å². The van der Waals surface area contributed by atoms with Gasteiger partial charge in [0.05, 0.1) is 6.04 Å². The van der Waals surface area contributed by atoms with Crippen LogP contribution in [0.15, 0.2) is 22.4 Å². The fraction of sp³-hybridized carbons (Fsp3) is 0.300. The minimum absolute atomic E-state index is 0.153. The van der Waals surface area contributed by atoms with Gasteiger partial charge in [0.2, 0.25) is 0 Å². The van der Waals surface area contributed by atoms with Crippen molar-refractivity contribution in [3.05, 3.63) is 33.1 Å². The molecular weight excluding hydrogens is 288 g/mol. The third-order valence-corrected chi connectivity index (χ3v) is 3.58. The highest BCUT2D eigenvalue weighted by Gasteiger charge is 2.09. The van der Waals surface area contributed by atoms with Gasteiger partial charge >= 0.3 is 0 Å². The fourth-order valence-electron chi connectivity index (χ4n) is 1.27. The predicted octanol–water partition coefficient (Wildman–Crippen LogP) is 3.18. The Morgan fingerprint density at radius 1 is 1.44 bits per heavy atom. The molecule has 0 saturated carbocycles. The Bertz CT molecular complexity index is 485. The number of hydrogen-bond acceptors (Lipinski definition) is 5. The van der Waals surface area contributed by atoms with Crippen LogP contribution in [0, 0.1) is 6.92 Å². The summed E-state index contributed by atoms with van der Waals surface area (Å²) in [6, 6.07) is 2.00. The number of nitrogens with zero attached hydrogens (tertiary/aromatic N) is 3. The molecule has 0 radical (unpaired) electrons. The standard InChI is InChI=1S/C10H11BrN4S/c1-6-4-16-10(14-6)7(2)15-9-3-8(11)12-5-13-9/h3-5,7H,1-2H3,(H,12,13,15). The second-order valence-corrected chi connectivity index (χ2v) is 5.12. The van der Waals surface area contributed by atoms with Gasteiger partial charge in [-0.3, -0.25) is 0 Å². The predicted molar refractivity (Wildman–Crippen MR) is 68.6 cm³/mol. The molecule has 0 bridgehead atoms. The average molecular weight is 299 g/mol. The van der Waals surface area contributed by atoms with E-state index in [1.165, 1.54) is 6.33 Å². The Balaban J connectivity index is 2.10. The molecule has 84 valence electrons. The molecule has 6 heteroatoms. The van der Waals surface area contributed by atoms with Crippen LogP contribution in [0.5, 0.6) is 0 Å². The van der Waals surface area contributed by atoms with E-state index in [9.17, 15) is 0 Å². The second-order valence-electron chi connectivity index (χ2n) is 3.42.